The van der Waals surface area contributed by atoms with Crippen LogP contribution in [0.5, 0.6) is 0 Å². The summed E-state index contributed by atoms with van der Waals surface area (Å²) in [5.74, 6) is 0.713. The average molecular weight is 552 g/mol. The molecular weight excluding hydrogens is 521 g/mol. The van der Waals surface area contributed by atoms with Crippen molar-refractivity contribution in [2.45, 2.75) is 38.8 Å². The van der Waals surface area contributed by atoms with Gasteiger partial charge < -0.3 is 20.4 Å². The number of aliphatic imine (C=N–C) groups is 1. The topological polar surface area (TPSA) is 60.0 Å². The van der Waals surface area contributed by atoms with Gasteiger partial charge >= 0.3 is 0 Å². The van der Waals surface area contributed by atoms with Crippen LogP contribution in [0.25, 0.3) is 0 Å². The lowest BCUT2D eigenvalue weighted by Crippen LogP contribution is -2.48. The van der Waals surface area contributed by atoms with Crippen LogP contribution in [0.2, 0.25) is 0 Å². The van der Waals surface area contributed by atoms with Crippen molar-refractivity contribution >= 4 is 57.5 Å². The molecule has 0 radical (unpaired) electrons. The lowest BCUT2D eigenvalue weighted by Gasteiger charge is -2.23. The molecule has 1 fully saturated rings. The van der Waals surface area contributed by atoms with E-state index in [1.807, 2.05) is 6.07 Å². The van der Waals surface area contributed by atoms with Gasteiger partial charge in [0.05, 0.1) is 5.69 Å². The van der Waals surface area contributed by atoms with Crippen LogP contribution < -0.4 is 15.5 Å². The van der Waals surface area contributed by atoms with Crippen LogP contribution >= 0.6 is 39.9 Å². The highest BCUT2D eigenvalue weighted by Gasteiger charge is 2.25. The van der Waals surface area contributed by atoms with Crippen LogP contribution in [0.15, 0.2) is 33.7 Å². The fraction of sp³-hybridized carbons (Fsp3) is 0.579. The number of likely N-dealkylation sites (N-methyl/N-ethyl adjacent to an activating group) is 1. The Labute approximate surface area is 188 Å². The molecule has 1 amide bonds. The van der Waals surface area contributed by atoms with E-state index in [1.165, 1.54) is 5.69 Å². The molecule has 1 aliphatic heterocycles. The van der Waals surface area contributed by atoms with Crippen LogP contribution in [0.1, 0.15) is 26.7 Å². The van der Waals surface area contributed by atoms with E-state index in [0.29, 0.717) is 18.0 Å². The highest BCUT2D eigenvalue weighted by molar-refractivity contribution is 14.0. The molecule has 2 unspecified atom stereocenters. The summed E-state index contributed by atoms with van der Waals surface area (Å²) >= 11 is 3.63. The minimum Gasteiger partial charge on any atom is -0.368 e. The molecule has 0 aromatic heterocycles. The lowest BCUT2D eigenvalue weighted by molar-refractivity contribution is -0.127. The van der Waals surface area contributed by atoms with E-state index in [1.54, 1.807) is 19.0 Å². The second-order valence-electron chi connectivity index (χ2n) is 6.93. The zero-order chi connectivity index (χ0) is 19.1. The molecular formula is C19H31BrIN5O. The lowest BCUT2D eigenvalue weighted by atomic mass is 10.2. The van der Waals surface area contributed by atoms with Crippen molar-refractivity contribution < 1.29 is 4.79 Å². The Morgan fingerprint density at radius 1 is 1.41 bits per heavy atom. The highest BCUT2D eigenvalue weighted by atomic mass is 127. The number of nitrogens with zero attached hydrogens (tertiary/aromatic N) is 3. The van der Waals surface area contributed by atoms with Crippen molar-refractivity contribution in [3.8, 4) is 0 Å². The van der Waals surface area contributed by atoms with Gasteiger partial charge in [-0.1, -0.05) is 19.1 Å². The number of anilines is 1. The molecule has 8 heteroatoms. The Morgan fingerprint density at radius 3 is 2.74 bits per heavy atom. The molecule has 1 heterocycles. The third-order valence-corrected chi connectivity index (χ3v) is 5.26. The van der Waals surface area contributed by atoms with E-state index in [2.05, 4.69) is 68.5 Å². The molecule has 0 spiro atoms. The first-order chi connectivity index (χ1) is 12.4. The summed E-state index contributed by atoms with van der Waals surface area (Å²) in [5, 5.41) is 6.90. The second kappa shape index (κ2) is 11.7. The number of benzene rings is 1. The first-order valence-corrected chi connectivity index (χ1v) is 9.97. The highest BCUT2D eigenvalue weighted by Crippen LogP contribution is 2.28. The average Bonchev–Trinajstić information content (AvgIpc) is 3.07. The fourth-order valence-electron chi connectivity index (χ4n) is 2.75. The normalized spacial score (nSPS) is 17.9. The molecule has 1 aromatic rings. The minimum absolute atomic E-state index is 0. The first kappa shape index (κ1) is 24.0. The molecule has 152 valence electrons. The van der Waals surface area contributed by atoms with Crippen molar-refractivity contribution in [1.82, 2.24) is 15.5 Å². The maximum atomic E-state index is 11.9. The number of nitrogens with one attached hydrogen (secondary N) is 2. The second-order valence-corrected chi connectivity index (χ2v) is 7.79. The van der Waals surface area contributed by atoms with Gasteiger partial charge in [0.1, 0.15) is 6.54 Å². The molecule has 0 aliphatic carbocycles. The third kappa shape index (κ3) is 7.48. The summed E-state index contributed by atoms with van der Waals surface area (Å²) in [7, 11) is 3.50. The zero-order valence-electron chi connectivity index (χ0n) is 16.5. The smallest absolute Gasteiger partial charge is 0.243 e. The maximum Gasteiger partial charge on any atom is 0.243 e. The number of guanidine groups is 1. The van der Waals surface area contributed by atoms with Crippen molar-refractivity contribution in [3.63, 3.8) is 0 Å². The monoisotopic (exact) mass is 551 g/mol. The van der Waals surface area contributed by atoms with Crippen LogP contribution in [0, 0.1) is 0 Å². The van der Waals surface area contributed by atoms with Gasteiger partial charge in [-0.2, -0.15) is 0 Å². The van der Waals surface area contributed by atoms with E-state index >= 15 is 0 Å². The molecule has 0 saturated carbocycles. The SMILES string of the molecule is CCC(C)NC(=NCC(=O)N(C)C)NC1CCN(c2ccccc2Br)C1.I. The van der Waals surface area contributed by atoms with Crippen molar-refractivity contribution in [2.75, 3.05) is 38.6 Å². The molecule has 27 heavy (non-hydrogen) atoms. The number of rotatable bonds is 6. The molecule has 6 nitrogen and oxygen atoms in total. The summed E-state index contributed by atoms with van der Waals surface area (Å²) in [5.41, 5.74) is 1.22. The van der Waals surface area contributed by atoms with Gasteiger partial charge in [0, 0.05) is 43.7 Å². The number of hydrogen-bond donors (Lipinski definition) is 2. The van der Waals surface area contributed by atoms with Gasteiger partial charge in [0.25, 0.3) is 0 Å². The number of hydrogen-bond acceptors (Lipinski definition) is 3. The quantitative estimate of drug-likeness (QED) is 0.324. The van der Waals surface area contributed by atoms with Gasteiger partial charge in [0.2, 0.25) is 5.91 Å². The number of amides is 1. The molecule has 2 N–H and O–H groups in total. The van der Waals surface area contributed by atoms with E-state index in [9.17, 15) is 4.79 Å². The van der Waals surface area contributed by atoms with Crippen LogP contribution in [-0.2, 0) is 4.79 Å². The molecule has 1 saturated heterocycles. The van der Waals surface area contributed by atoms with E-state index in [-0.39, 0.29) is 36.4 Å². The van der Waals surface area contributed by atoms with Crippen LogP contribution in [-0.4, -0.2) is 62.6 Å². The number of carbonyl (C=O) groups excluding carboxylic acids is 1. The van der Waals surface area contributed by atoms with Crippen LogP contribution in [0.4, 0.5) is 5.69 Å². The van der Waals surface area contributed by atoms with Crippen molar-refractivity contribution in [3.05, 3.63) is 28.7 Å². The first-order valence-electron chi connectivity index (χ1n) is 9.17. The van der Waals surface area contributed by atoms with Gasteiger partial charge in [0.15, 0.2) is 5.96 Å². The predicted octanol–water partition coefficient (Wildman–Crippen LogP) is 3.07. The van der Waals surface area contributed by atoms with E-state index in [4.69, 9.17) is 0 Å². The summed E-state index contributed by atoms with van der Waals surface area (Å²) in [6.07, 6.45) is 2.03. The Balaban J connectivity index is 0.00000364. The summed E-state index contributed by atoms with van der Waals surface area (Å²) in [6.45, 7) is 6.30. The van der Waals surface area contributed by atoms with E-state index < -0.39 is 0 Å². The fourth-order valence-corrected chi connectivity index (χ4v) is 3.29. The van der Waals surface area contributed by atoms with Crippen LogP contribution in [0.3, 0.4) is 0 Å². The molecule has 1 aliphatic rings. The summed E-state index contributed by atoms with van der Waals surface area (Å²) < 4.78 is 1.11. The zero-order valence-corrected chi connectivity index (χ0v) is 20.5. The third-order valence-electron chi connectivity index (χ3n) is 4.59. The standard InChI is InChI=1S/C19H30BrN5O.HI/c1-5-14(2)22-19(21-12-18(26)24(3)4)23-15-10-11-25(13-15)17-9-7-6-8-16(17)20;/h6-9,14-15H,5,10-13H2,1-4H3,(H2,21,22,23);1H. The van der Waals surface area contributed by atoms with Gasteiger partial charge in [-0.15, -0.1) is 24.0 Å². The van der Waals surface area contributed by atoms with Gasteiger partial charge in [-0.05, 0) is 47.8 Å². The Bertz CT molecular complexity index is 640. The van der Waals surface area contributed by atoms with Crippen molar-refractivity contribution in [1.29, 1.82) is 0 Å². The Hall–Kier alpha value is -1.03. The van der Waals surface area contributed by atoms with Crippen molar-refractivity contribution in [2.24, 2.45) is 4.99 Å². The predicted molar refractivity (Wildman–Crippen MR) is 127 cm³/mol. The van der Waals surface area contributed by atoms with E-state index in [0.717, 1.165) is 30.4 Å². The Kier molecular flexibility index (Phi) is 10.4. The summed E-state index contributed by atoms with van der Waals surface area (Å²) in [6, 6.07) is 8.89. The van der Waals surface area contributed by atoms with Gasteiger partial charge in [-0.25, -0.2) is 4.99 Å². The molecule has 1 aromatic carbocycles. The number of halogens is 2. The maximum absolute atomic E-state index is 11.9. The molecule has 2 rings (SSSR count). The number of para-hydroxylation sites is 1. The van der Waals surface area contributed by atoms with Gasteiger partial charge in [-0.3, -0.25) is 4.79 Å². The number of carbonyl (C=O) groups is 1. The largest absolute Gasteiger partial charge is 0.368 e. The summed E-state index contributed by atoms with van der Waals surface area (Å²) in [4.78, 5) is 20.3. The Morgan fingerprint density at radius 2 is 2.11 bits per heavy atom. The minimum atomic E-state index is -0.00323. The molecule has 2 atom stereocenters. The molecule has 0 bridgehead atoms.